The van der Waals surface area contributed by atoms with Gasteiger partial charge in [0.05, 0.1) is 5.97 Å². The zero-order valence-corrected chi connectivity index (χ0v) is 7.10. The number of carbonyl (C=O) groups excluding carboxylic acids is 1. The molecule has 0 spiro atoms. The highest BCUT2D eigenvalue weighted by atomic mass is 16.6. The van der Waals surface area contributed by atoms with Crippen molar-refractivity contribution in [1.82, 2.24) is 0 Å². The van der Waals surface area contributed by atoms with Crippen LogP contribution < -0.4 is 14.6 Å². The van der Waals surface area contributed by atoms with Crippen molar-refractivity contribution in [2.24, 2.45) is 0 Å². The van der Waals surface area contributed by atoms with E-state index in [0.717, 1.165) is 0 Å². The number of rotatable bonds is 1. The van der Waals surface area contributed by atoms with E-state index in [-0.39, 0.29) is 18.1 Å². The Kier molecular flexibility index (Phi) is 1.92. The summed E-state index contributed by atoms with van der Waals surface area (Å²) in [6, 6.07) is 4.24. The third-order valence-corrected chi connectivity index (χ3v) is 1.85. The molecule has 0 saturated carbocycles. The van der Waals surface area contributed by atoms with Crippen molar-refractivity contribution < 1.29 is 24.5 Å². The van der Waals surface area contributed by atoms with Gasteiger partial charge in [-0.05, 0) is 12.1 Å². The molecule has 1 unspecified atom stereocenters. The lowest BCUT2D eigenvalue weighted by molar-refractivity contribution is -0.315. The second-order valence-electron chi connectivity index (χ2n) is 2.87. The molecule has 0 bridgehead atoms. The first kappa shape index (κ1) is 8.68. The number of ether oxygens (including phenoxy) is 2. The van der Waals surface area contributed by atoms with Crippen LogP contribution >= 0.6 is 0 Å². The highest BCUT2D eigenvalue weighted by Crippen LogP contribution is 2.34. The fourth-order valence-corrected chi connectivity index (χ4v) is 1.18. The van der Waals surface area contributed by atoms with Crippen LogP contribution in [0.25, 0.3) is 0 Å². The minimum Gasteiger partial charge on any atom is -0.546 e. The summed E-state index contributed by atoms with van der Waals surface area (Å²) in [5.74, 6) is -0.712. The zero-order chi connectivity index (χ0) is 10.1. The monoisotopic (exact) mass is 195 g/mol. The summed E-state index contributed by atoms with van der Waals surface area (Å²) in [4.78, 5) is 10.5. The van der Waals surface area contributed by atoms with E-state index in [9.17, 15) is 9.90 Å². The van der Waals surface area contributed by atoms with Crippen molar-refractivity contribution in [1.29, 1.82) is 0 Å². The summed E-state index contributed by atoms with van der Waals surface area (Å²) >= 11 is 0. The lowest BCUT2D eigenvalue weighted by Gasteiger charge is -2.26. The second-order valence-corrected chi connectivity index (χ2v) is 2.87. The molecule has 1 aromatic carbocycles. The van der Waals surface area contributed by atoms with E-state index in [2.05, 4.69) is 0 Å². The van der Waals surface area contributed by atoms with E-state index < -0.39 is 12.1 Å². The maximum Gasteiger partial charge on any atom is 0.172 e. The van der Waals surface area contributed by atoms with Gasteiger partial charge in [0.1, 0.15) is 12.4 Å². The molecule has 0 fully saturated rings. The van der Waals surface area contributed by atoms with Gasteiger partial charge in [-0.15, -0.1) is 0 Å². The average molecular weight is 195 g/mol. The Hall–Kier alpha value is -1.91. The normalized spacial score (nSPS) is 19.0. The predicted molar refractivity (Wildman–Crippen MR) is 43.0 cm³/mol. The Morgan fingerprint density at radius 2 is 2.29 bits per heavy atom. The number of hydrogen-bond donors (Lipinski definition) is 1. The Bertz CT molecular complexity index is 373. The molecule has 0 saturated heterocycles. The third kappa shape index (κ3) is 1.44. The fourth-order valence-electron chi connectivity index (χ4n) is 1.18. The SMILES string of the molecule is O=C([O-])C1COc2ccc(O)cc2O1. The first-order chi connectivity index (χ1) is 6.66. The van der Waals surface area contributed by atoms with Gasteiger partial charge in [-0.3, -0.25) is 0 Å². The Balaban J connectivity index is 2.29. The van der Waals surface area contributed by atoms with Gasteiger partial charge in [0, 0.05) is 6.07 Å². The summed E-state index contributed by atoms with van der Waals surface area (Å²) < 4.78 is 10.1. The van der Waals surface area contributed by atoms with Crippen LogP contribution in [-0.2, 0) is 4.79 Å². The molecule has 14 heavy (non-hydrogen) atoms. The lowest BCUT2D eigenvalue weighted by Crippen LogP contribution is -2.45. The third-order valence-electron chi connectivity index (χ3n) is 1.85. The number of phenols is 1. The van der Waals surface area contributed by atoms with E-state index in [1.54, 1.807) is 0 Å². The van der Waals surface area contributed by atoms with Crippen molar-refractivity contribution in [3.63, 3.8) is 0 Å². The standard InChI is InChI=1S/C9H8O5/c10-5-1-2-6-7(3-5)14-8(4-13-6)9(11)12/h1-3,8,10H,4H2,(H,11,12)/p-1. The number of carboxylic acids is 1. The van der Waals surface area contributed by atoms with Crippen LogP contribution in [0.15, 0.2) is 18.2 Å². The van der Waals surface area contributed by atoms with Crippen LogP contribution in [0.5, 0.6) is 17.2 Å². The van der Waals surface area contributed by atoms with Crippen LogP contribution in [0.3, 0.4) is 0 Å². The van der Waals surface area contributed by atoms with Crippen LogP contribution in [0.2, 0.25) is 0 Å². The number of fused-ring (bicyclic) bond motifs is 1. The van der Waals surface area contributed by atoms with Crippen molar-refractivity contribution in [2.45, 2.75) is 6.10 Å². The fraction of sp³-hybridized carbons (Fsp3) is 0.222. The average Bonchev–Trinajstić information content (AvgIpc) is 2.16. The molecule has 1 heterocycles. The molecule has 2 rings (SSSR count). The molecule has 0 radical (unpaired) electrons. The molecule has 1 N–H and O–H groups in total. The maximum absolute atomic E-state index is 10.5. The summed E-state index contributed by atoms with van der Waals surface area (Å²) in [6.45, 7) is -0.0832. The van der Waals surface area contributed by atoms with Gasteiger partial charge in [0.2, 0.25) is 0 Å². The summed E-state index contributed by atoms with van der Waals surface area (Å²) in [5.41, 5.74) is 0. The summed E-state index contributed by atoms with van der Waals surface area (Å²) in [5, 5.41) is 19.6. The number of aromatic hydroxyl groups is 1. The van der Waals surface area contributed by atoms with E-state index in [4.69, 9.17) is 14.6 Å². The van der Waals surface area contributed by atoms with Gasteiger partial charge < -0.3 is 24.5 Å². The molecule has 5 heteroatoms. The molecule has 5 nitrogen and oxygen atoms in total. The summed E-state index contributed by atoms with van der Waals surface area (Å²) in [6.07, 6.45) is -1.12. The van der Waals surface area contributed by atoms with Gasteiger partial charge in [-0.1, -0.05) is 0 Å². The molecule has 1 atom stereocenters. The molecule has 0 aromatic heterocycles. The number of hydrogen-bond acceptors (Lipinski definition) is 5. The van der Waals surface area contributed by atoms with Gasteiger partial charge in [0.15, 0.2) is 17.6 Å². The molecule has 0 aliphatic carbocycles. The number of phenolic OH excluding ortho intramolecular Hbond substituents is 1. The topological polar surface area (TPSA) is 78.8 Å². The highest BCUT2D eigenvalue weighted by Gasteiger charge is 2.21. The number of benzene rings is 1. The molecule has 1 aliphatic heterocycles. The van der Waals surface area contributed by atoms with Crippen LogP contribution in [0, 0.1) is 0 Å². The van der Waals surface area contributed by atoms with E-state index in [1.165, 1.54) is 18.2 Å². The second kappa shape index (κ2) is 3.10. The van der Waals surface area contributed by atoms with Crippen LogP contribution in [0.4, 0.5) is 0 Å². The number of carbonyl (C=O) groups is 1. The first-order valence-electron chi connectivity index (χ1n) is 4.00. The van der Waals surface area contributed by atoms with Crippen molar-refractivity contribution in [2.75, 3.05) is 6.61 Å². The summed E-state index contributed by atoms with van der Waals surface area (Å²) in [7, 11) is 0. The highest BCUT2D eigenvalue weighted by molar-refractivity contribution is 5.71. The van der Waals surface area contributed by atoms with Crippen molar-refractivity contribution in [3.05, 3.63) is 18.2 Å². The van der Waals surface area contributed by atoms with E-state index >= 15 is 0 Å². The molecule has 1 aliphatic rings. The Labute approximate surface area is 79.5 Å². The van der Waals surface area contributed by atoms with Gasteiger partial charge in [-0.25, -0.2) is 0 Å². The van der Waals surface area contributed by atoms with E-state index in [0.29, 0.717) is 5.75 Å². The molecular formula is C9H7O5-. The first-order valence-corrected chi connectivity index (χ1v) is 4.00. The molecule has 1 aromatic rings. The smallest absolute Gasteiger partial charge is 0.172 e. The zero-order valence-electron chi connectivity index (χ0n) is 7.10. The van der Waals surface area contributed by atoms with Crippen molar-refractivity contribution >= 4 is 5.97 Å². The Morgan fingerprint density at radius 1 is 1.50 bits per heavy atom. The quantitative estimate of drug-likeness (QED) is 0.639. The number of carboxylic acid groups (broad SMARTS) is 1. The largest absolute Gasteiger partial charge is 0.546 e. The van der Waals surface area contributed by atoms with E-state index in [1.807, 2.05) is 0 Å². The minimum atomic E-state index is -1.33. The van der Waals surface area contributed by atoms with Gasteiger partial charge in [-0.2, -0.15) is 0 Å². The van der Waals surface area contributed by atoms with Gasteiger partial charge in [0.25, 0.3) is 0 Å². The van der Waals surface area contributed by atoms with Crippen LogP contribution in [-0.4, -0.2) is 23.8 Å². The Morgan fingerprint density at radius 3 is 3.00 bits per heavy atom. The minimum absolute atomic E-state index is 0.00801. The van der Waals surface area contributed by atoms with Gasteiger partial charge >= 0.3 is 0 Å². The van der Waals surface area contributed by atoms with Crippen LogP contribution in [0.1, 0.15) is 0 Å². The lowest BCUT2D eigenvalue weighted by atomic mass is 10.2. The number of aliphatic carboxylic acids is 1. The van der Waals surface area contributed by atoms with Crippen molar-refractivity contribution in [3.8, 4) is 17.2 Å². The molecular weight excluding hydrogens is 188 g/mol. The molecule has 74 valence electrons. The molecule has 0 amide bonds. The predicted octanol–water partition coefficient (Wildman–Crippen LogP) is -0.718. The maximum atomic E-state index is 10.5.